The molecule has 4 aromatic rings. The van der Waals surface area contributed by atoms with E-state index in [1.165, 1.54) is 11.3 Å². The van der Waals surface area contributed by atoms with Crippen LogP contribution in [0.3, 0.4) is 0 Å². The minimum absolute atomic E-state index is 0.273. The zero-order valence-electron chi connectivity index (χ0n) is 21.9. The molecule has 3 aromatic carbocycles. The van der Waals surface area contributed by atoms with Crippen molar-refractivity contribution in [3.8, 4) is 11.5 Å². The van der Waals surface area contributed by atoms with Gasteiger partial charge in [-0.05, 0) is 41.5 Å². The van der Waals surface area contributed by atoms with Crippen molar-refractivity contribution in [2.24, 2.45) is 11.5 Å². The number of nitrogen functional groups attached to an aromatic ring is 1. The zero-order chi connectivity index (χ0) is 27.9. The topological polar surface area (TPSA) is 146 Å². The summed E-state index contributed by atoms with van der Waals surface area (Å²) in [4.78, 5) is 29.9. The summed E-state index contributed by atoms with van der Waals surface area (Å²) in [6.45, 7) is 4.23. The number of hydrogen-bond acceptors (Lipinski definition) is 9. The normalized spacial score (nSPS) is 20.9. The van der Waals surface area contributed by atoms with Crippen LogP contribution in [0.15, 0.2) is 66.7 Å². The summed E-state index contributed by atoms with van der Waals surface area (Å²) in [5.41, 5.74) is 20.5. The number of para-hydroxylation sites is 1. The molecule has 206 valence electrons. The molecule has 9 nitrogen and oxygen atoms in total. The van der Waals surface area contributed by atoms with Crippen molar-refractivity contribution >= 4 is 38.8 Å². The highest BCUT2D eigenvalue weighted by Gasteiger charge is 2.48. The molecule has 1 aliphatic carbocycles. The number of morpholine rings is 1. The van der Waals surface area contributed by atoms with Crippen LogP contribution in [-0.4, -0.2) is 56.0 Å². The van der Waals surface area contributed by atoms with Crippen molar-refractivity contribution in [2.75, 3.05) is 45.1 Å². The Morgan fingerprint density at radius 2 is 1.75 bits per heavy atom. The van der Waals surface area contributed by atoms with Crippen LogP contribution in [0, 0.1) is 0 Å². The predicted octanol–water partition coefficient (Wildman–Crippen LogP) is 3.12. The Bertz CT molecular complexity index is 1570. The minimum Gasteiger partial charge on any atom is -0.457 e. The smallest absolute Gasteiger partial charge is 0.261 e. The number of nitrogens with two attached hydrogens (primary N) is 3. The third-order valence-corrected chi connectivity index (χ3v) is 8.88. The van der Waals surface area contributed by atoms with E-state index in [0.29, 0.717) is 75.1 Å². The Hall–Kier alpha value is -3.80. The molecule has 2 aliphatic rings. The van der Waals surface area contributed by atoms with Gasteiger partial charge in [-0.15, -0.1) is 11.3 Å². The molecular formula is C30H31N5O4S. The molecule has 0 bridgehead atoms. The van der Waals surface area contributed by atoms with Gasteiger partial charge in [-0.25, -0.2) is 0 Å². The Kier molecular flexibility index (Phi) is 7.03. The summed E-state index contributed by atoms with van der Waals surface area (Å²) in [7, 11) is 0. The van der Waals surface area contributed by atoms with Crippen molar-refractivity contribution in [2.45, 2.75) is 11.6 Å². The number of carbonyl (C=O) groups is 2. The van der Waals surface area contributed by atoms with Crippen molar-refractivity contribution in [1.29, 1.82) is 0 Å². The van der Waals surface area contributed by atoms with E-state index in [1.54, 1.807) is 36.4 Å². The summed E-state index contributed by atoms with van der Waals surface area (Å²) < 4.78 is 12.0. The van der Waals surface area contributed by atoms with Gasteiger partial charge >= 0.3 is 0 Å². The van der Waals surface area contributed by atoms with Gasteiger partial charge < -0.3 is 32.0 Å². The highest BCUT2D eigenvalue weighted by Crippen LogP contribution is 2.49. The maximum atomic E-state index is 13.9. The molecule has 2 atom stereocenters. The average Bonchev–Trinajstić information content (AvgIpc) is 3.39. The monoisotopic (exact) mass is 557 g/mol. The number of ketones is 1. The van der Waals surface area contributed by atoms with Crippen LogP contribution in [0.25, 0.3) is 10.1 Å². The molecule has 7 N–H and O–H groups in total. The maximum absolute atomic E-state index is 13.9. The van der Waals surface area contributed by atoms with Crippen LogP contribution in [0.5, 0.6) is 11.5 Å². The van der Waals surface area contributed by atoms with Crippen LogP contribution in [-0.2, 0) is 15.1 Å². The lowest BCUT2D eigenvalue weighted by Gasteiger charge is -2.36. The van der Waals surface area contributed by atoms with E-state index in [1.807, 2.05) is 30.3 Å². The van der Waals surface area contributed by atoms with E-state index in [2.05, 4.69) is 10.2 Å². The summed E-state index contributed by atoms with van der Waals surface area (Å²) in [5.74, 6) is 0.654. The fraction of sp³-hybridized carbons (Fsp3) is 0.267. The first-order valence-corrected chi connectivity index (χ1v) is 14.1. The van der Waals surface area contributed by atoms with Gasteiger partial charge in [0.2, 0.25) is 0 Å². The number of nitrogens with zero attached hydrogens (tertiary/aromatic N) is 1. The lowest BCUT2D eigenvalue weighted by Crippen LogP contribution is -2.52. The Labute approximate surface area is 235 Å². The van der Waals surface area contributed by atoms with Crippen LogP contribution >= 0.6 is 11.3 Å². The Morgan fingerprint density at radius 3 is 2.48 bits per heavy atom. The largest absolute Gasteiger partial charge is 0.457 e. The number of anilines is 1. The Morgan fingerprint density at radius 1 is 1.05 bits per heavy atom. The molecule has 6 rings (SSSR count). The molecule has 10 heteroatoms. The third-order valence-electron chi connectivity index (χ3n) is 7.63. The molecule has 1 saturated heterocycles. The standard InChI is InChI=1S/C30H31N5O4S/c31-22-11-10-21-23-24(27(40-26(22)23)29(37)34-12-13-35-14-16-38-17-15-35)25(32)28(36)30(21,33)18-6-8-20(9-7-18)39-19-4-2-1-3-5-19/h1-11,25H,12-17,31-33H2,(H,34,37). The average molecular weight is 558 g/mol. The van der Waals surface area contributed by atoms with Gasteiger partial charge in [-0.1, -0.05) is 36.4 Å². The Balaban J connectivity index is 1.33. The zero-order valence-corrected chi connectivity index (χ0v) is 22.7. The van der Waals surface area contributed by atoms with Gasteiger partial charge in [0.05, 0.1) is 28.8 Å². The second-order valence-electron chi connectivity index (χ2n) is 10.1. The molecule has 1 amide bonds. The van der Waals surface area contributed by atoms with E-state index in [-0.39, 0.29) is 11.7 Å². The second kappa shape index (κ2) is 10.6. The van der Waals surface area contributed by atoms with E-state index < -0.39 is 11.6 Å². The number of carbonyl (C=O) groups excluding carboxylic acids is 2. The van der Waals surface area contributed by atoms with Crippen molar-refractivity contribution in [3.05, 3.63) is 88.3 Å². The summed E-state index contributed by atoms with van der Waals surface area (Å²) in [5, 5.41) is 3.68. The van der Waals surface area contributed by atoms with Gasteiger partial charge in [-0.2, -0.15) is 0 Å². The molecule has 1 fully saturated rings. The van der Waals surface area contributed by atoms with E-state index in [4.69, 9.17) is 26.7 Å². The number of benzene rings is 3. The lowest BCUT2D eigenvalue weighted by atomic mass is 9.70. The first-order valence-electron chi connectivity index (χ1n) is 13.2. The number of thiophene rings is 1. The molecule has 40 heavy (non-hydrogen) atoms. The molecule has 2 heterocycles. The first kappa shape index (κ1) is 26.4. The van der Waals surface area contributed by atoms with E-state index in [0.717, 1.165) is 13.1 Å². The van der Waals surface area contributed by atoms with Crippen molar-refractivity contribution in [1.82, 2.24) is 10.2 Å². The van der Waals surface area contributed by atoms with Gasteiger partial charge in [0.1, 0.15) is 17.0 Å². The number of Topliss-reactive ketones (excluding diaryl/α,β-unsaturated/α-hetero) is 1. The number of rotatable bonds is 7. The third kappa shape index (κ3) is 4.53. The second-order valence-corrected chi connectivity index (χ2v) is 11.1. The maximum Gasteiger partial charge on any atom is 0.261 e. The minimum atomic E-state index is -1.52. The highest BCUT2D eigenvalue weighted by atomic mass is 32.1. The van der Waals surface area contributed by atoms with Gasteiger partial charge in [0.15, 0.2) is 5.78 Å². The number of ether oxygens (including phenoxy) is 2. The molecule has 1 aliphatic heterocycles. The van der Waals surface area contributed by atoms with Gasteiger partial charge in [0.25, 0.3) is 5.91 Å². The number of amides is 1. The molecule has 0 saturated carbocycles. The molecule has 2 unspecified atom stereocenters. The fourth-order valence-electron chi connectivity index (χ4n) is 5.49. The molecule has 0 radical (unpaired) electrons. The van der Waals surface area contributed by atoms with Crippen LogP contribution in [0.2, 0.25) is 0 Å². The quantitative estimate of drug-likeness (QED) is 0.254. The number of nitrogens with one attached hydrogen (secondary N) is 1. The van der Waals surface area contributed by atoms with E-state index in [9.17, 15) is 9.59 Å². The van der Waals surface area contributed by atoms with Crippen LogP contribution in [0.1, 0.15) is 32.4 Å². The molecule has 0 spiro atoms. The van der Waals surface area contributed by atoms with Crippen molar-refractivity contribution in [3.63, 3.8) is 0 Å². The van der Waals surface area contributed by atoms with Gasteiger partial charge in [0, 0.05) is 42.8 Å². The summed E-state index contributed by atoms with van der Waals surface area (Å²) >= 11 is 1.25. The van der Waals surface area contributed by atoms with Crippen LogP contribution in [0.4, 0.5) is 5.69 Å². The molecule has 1 aromatic heterocycles. The summed E-state index contributed by atoms with van der Waals surface area (Å²) in [6.07, 6.45) is 0. The lowest BCUT2D eigenvalue weighted by molar-refractivity contribution is -0.124. The summed E-state index contributed by atoms with van der Waals surface area (Å²) in [6, 6.07) is 19.0. The van der Waals surface area contributed by atoms with E-state index >= 15 is 0 Å². The predicted molar refractivity (Wildman–Crippen MR) is 156 cm³/mol. The first-order chi connectivity index (χ1) is 19.4. The van der Waals surface area contributed by atoms with Crippen LogP contribution < -0.4 is 27.3 Å². The van der Waals surface area contributed by atoms with Crippen molar-refractivity contribution < 1.29 is 19.1 Å². The molecular weight excluding hydrogens is 526 g/mol. The number of hydrogen-bond donors (Lipinski definition) is 4. The SMILES string of the molecule is Nc1ccc2c3c(c(C(=O)NCCN4CCOCC4)sc13)C(N)C(=O)C2(N)c1ccc(Oc2ccccc2)cc1. The highest BCUT2D eigenvalue weighted by molar-refractivity contribution is 7.21. The van der Waals surface area contributed by atoms with Gasteiger partial charge in [-0.3, -0.25) is 14.5 Å². The fourth-order valence-corrected chi connectivity index (χ4v) is 6.71.